The van der Waals surface area contributed by atoms with Crippen molar-refractivity contribution >= 4 is 38.5 Å². The third kappa shape index (κ3) is 6.71. The third-order valence-electron chi connectivity index (χ3n) is 3.43. The molecule has 1 heterocycles. The summed E-state index contributed by atoms with van der Waals surface area (Å²) in [5.74, 6) is -1.83. The van der Waals surface area contributed by atoms with Crippen LogP contribution in [0.3, 0.4) is 0 Å². The van der Waals surface area contributed by atoms with Crippen molar-refractivity contribution in [3.63, 3.8) is 0 Å². The number of rotatable bonds is 8. The van der Waals surface area contributed by atoms with Crippen molar-refractivity contribution in [2.75, 3.05) is 6.54 Å². The van der Waals surface area contributed by atoms with E-state index in [0.717, 1.165) is 5.56 Å². The highest BCUT2D eigenvalue weighted by molar-refractivity contribution is 9.18. The van der Waals surface area contributed by atoms with Crippen LogP contribution in [0.25, 0.3) is 0 Å². The Morgan fingerprint density at radius 2 is 2.08 bits per heavy atom. The molecule has 0 fully saturated rings. The Morgan fingerprint density at radius 3 is 2.69 bits per heavy atom. The third-order valence-corrected chi connectivity index (χ3v) is 3.90. The molecule has 0 saturated carbocycles. The van der Waals surface area contributed by atoms with Crippen LogP contribution >= 0.6 is 15.9 Å². The molecular formula is C16H18BrN3O6. The molecule has 2 rings (SSSR count). The zero-order valence-corrected chi connectivity index (χ0v) is 15.3. The van der Waals surface area contributed by atoms with Gasteiger partial charge in [0.25, 0.3) is 0 Å². The van der Waals surface area contributed by atoms with E-state index >= 15 is 0 Å². The summed E-state index contributed by atoms with van der Waals surface area (Å²) in [6, 6.07) is 8.05. The molecule has 1 unspecified atom stereocenters. The van der Waals surface area contributed by atoms with Crippen LogP contribution in [0.1, 0.15) is 18.4 Å². The Labute approximate surface area is 157 Å². The number of amides is 2. The molecule has 10 heteroatoms. The summed E-state index contributed by atoms with van der Waals surface area (Å²) in [5, 5.41) is 17.1. The molecule has 0 saturated heterocycles. The number of ether oxygens (including phenoxy) is 1. The molecule has 3 N–H and O–H groups in total. The first kappa shape index (κ1) is 19.7. The van der Waals surface area contributed by atoms with E-state index in [1.165, 1.54) is 0 Å². The van der Waals surface area contributed by atoms with Crippen LogP contribution in [0.4, 0.5) is 4.79 Å². The second-order valence-electron chi connectivity index (χ2n) is 5.50. The van der Waals surface area contributed by atoms with Crippen LogP contribution in [0.2, 0.25) is 0 Å². The minimum absolute atomic E-state index is 0.0464. The smallest absolute Gasteiger partial charge is 0.408 e. The number of nitrogens with one attached hydrogen (secondary N) is 2. The number of carbonyl (C=O) groups is 3. The standard InChI is InChI=1S/C16H18BrN3O6/c17-13-7-11(26-20-13)6-12(15(23)18-8-14(21)22)19-16(24)25-9-10-4-2-1-3-5-10/h1-5,11-12H,6-9H2,(H,18,23)(H,19,24)(H,21,22)/t11?,12-/m0/s1. The van der Waals surface area contributed by atoms with Crippen molar-refractivity contribution in [2.45, 2.75) is 31.6 Å². The Morgan fingerprint density at radius 1 is 1.35 bits per heavy atom. The van der Waals surface area contributed by atoms with Crippen molar-refractivity contribution in [2.24, 2.45) is 5.16 Å². The molecule has 2 atom stereocenters. The monoisotopic (exact) mass is 427 g/mol. The first-order chi connectivity index (χ1) is 12.4. The summed E-state index contributed by atoms with van der Waals surface area (Å²) in [5.41, 5.74) is 0.797. The molecule has 1 aliphatic rings. The lowest BCUT2D eigenvalue weighted by Crippen LogP contribution is -2.49. The largest absolute Gasteiger partial charge is 0.480 e. The number of carboxylic acid groups (broad SMARTS) is 1. The summed E-state index contributed by atoms with van der Waals surface area (Å²) < 4.78 is 5.69. The van der Waals surface area contributed by atoms with E-state index in [2.05, 4.69) is 31.7 Å². The molecule has 0 spiro atoms. The average molecular weight is 428 g/mol. The fourth-order valence-electron chi connectivity index (χ4n) is 2.21. The topological polar surface area (TPSA) is 126 Å². The molecule has 0 aliphatic carbocycles. The van der Waals surface area contributed by atoms with Crippen molar-refractivity contribution in [3.05, 3.63) is 35.9 Å². The highest BCUT2D eigenvalue weighted by Crippen LogP contribution is 2.18. The molecule has 9 nitrogen and oxygen atoms in total. The predicted molar refractivity (Wildman–Crippen MR) is 94.7 cm³/mol. The van der Waals surface area contributed by atoms with E-state index in [-0.39, 0.29) is 13.0 Å². The van der Waals surface area contributed by atoms with E-state index in [1.54, 1.807) is 12.1 Å². The molecule has 0 bridgehead atoms. The number of alkyl carbamates (subject to hydrolysis) is 1. The summed E-state index contributed by atoms with van der Waals surface area (Å²) >= 11 is 3.19. The van der Waals surface area contributed by atoms with Gasteiger partial charge in [0.2, 0.25) is 5.91 Å². The Balaban J connectivity index is 1.89. The Kier molecular flexibility index (Phi) is 7.39. The highest BCUT2D eigenvalue weighted by atomic mass is 79.9. The molecule has 1 aliphatic heterocycles. The first-order valence-electron chi connectivity index (χ1n) is 7.79. The fourth-order valence-corrected chi connectivity index (χ4v) is 2.65. The van der Waals surface area contributed by atoms with Gasteiger partial charge in [-0.3, -0.25) is 9.59 Å². The van der Waals surface area contributed by atoms with Crippen LogP contribution < -0.4 is 10.6 Å². The summed E-state index contributed by atoms with van der Waals surface area (Å²) in [6.45, 7) is -0.507. The highest BCUT2D eigenvalue weighted by Gasteiger charge is 2.29. The normalized spacial score (nSPS) is 16.8. The molecule has 0 aromatic heterocycles. The number of aliphatic carboxylic acids is 1. The van der Waals surface area contributed by atoms with Crippen LogP contribution in [-0.4, -0.2) is 46.4 Å². The number of benzene rings is 1. The SMILES string of the molecule is O=C(O)CNC(=O)[C@H](CC1CC(Br)=NO1)NC(=O)OCc1ccccc1. The van der Waals surface area contributed by atoms with Gasteiger partial charge in [-0.1, -0.05) is 35.5 Å². The van der Waals surface area contributed by atoms with Gasteiger partial charge < -0.3 is 25.3 Å². The maximum atomic E-state index is 12.2. The van der Waals surface area contributed by atoms with E-state index in [1.807, 2.05) is 18.2 Å². The Hall–Kier alpha value is -2.62. The molecule has 0 radical (unpaired) electrons. The van der Waals surface area contributed by atoms with E-state index < -0.39 is 36.7 Å². The van der Waals surface area contributed by atoms with Gasteiger partial charge in [0.1, 0.15) is 29.9 Å². The number of halogens is 1. The molecule has 26 heavy (non-hydrogen) atoms. The molecular weight excluding hydrogens is 410 g/mol. The zero-order chi connectivity index (χ0) is 18.9. The van der Waals surface area contributed by atoms with Crippen LogP contribution in [0.15, 0.2) is 35.5 Å². The summed E-state index contributed by atoms with van der Waals surface area (Å²) in [4.78, 5) is 39.9. The van der Waals surface area contributed by atoms with E-state index in [4.69, 9.17) is 14.7 Å². The minimum atomic E-state index is -1.19. The van der Waals surface area contributed by atoms with Gasteiger partial charge in [-0.05, 0) is 21.5 Å². The van der Waals surface area contributed by atoms with Crippen LogP contribution in [-0.2, 0) is 25.8 Å². The number of nitrogens with zero attached hydrogens (tertiary/aromatic N) is 1. The van der Waals surface area contributed by atoms with Gasteiger partial charge in [-0.15, -0.1) is 0 Å². The summed E-state index contributed by atoms with van der Waals surface area (Å²) in [7, 11) is 0. The lowest BCUT2D eigenvalue weighted by atomic mass is 10.1. The van der Waals surface area contributed by atoms with Crippen molar-refractivity contribution in [3.8, 4) is 0 Å². The van der Waals surface area contributed by atoms with Gasteiger partial charge in [0, 0.05) is 12.8 Å². The molecule has 2 amide bonds. The van der Waals surface area contributed by atoms with Crippen LogP contribution in [0.5, 0.6) is 0 Å². The van der Waals surface area contributed by atoms with Crippen molar-refractivity contribution < 1.29 is 29.1 Å². The van der Waals surface area contributed by atoms with Crippen molar-refractivity contribution in [1.82, 2.24) is 10.6 Å². The predicted octanol–water partition coefficient (Wildman–Crippen LogP) is 1.37. The molecule has 1 aromatic carbocycles. The molecule has 140 valence electrons. The maximum Gasteiger partial charge on any atom is 0.408 e. The summed E-state index contributed by atoms with van der Waals surface area (Å²) in [6.07, 6.45) is -0.643. The van der Waals surface area contributed by atoms with Crippen molar-refractivity contribution in [1.29, 1.82) is 0 Å². The maximum absolute atomic E-state index is 12.2. The van der Waals surface area contributed by atoms with Gasteiger partial charge in [-0.2, -0.15) is 0 Å². The number of carboxylic acids is 1. The lowest BCUT2D eigenvalue weighted by Gasteiger charge is -2.20. The van der Waals surface area contributed by atoms with E-state index in [0.29, 0.717) is 11.0 Å². The van der Waals surface area contributed by atoms with E-state index in [9.17, 15) is 14.4 Å². The fraction of sp³-hybridized carbons (Fsp3) is 0.375. The Bertz CT molecular complexity index is 682. The zero-order valence-electron chi connectivity index (χ0n) is 13.7. The second kappa shape index (κ2) is 9.76. The van der Waals surface area contributed by atoms with Gasteiger partial charge in [0.15, 0.2) is 0 Å². The van der Waals surface area contributed by atoms with Gasteiger partial charge >= 0.3 is 12.1 Å². The number of hydrogen-bond acceptors (Lipinski definition) is 6. The second-order valence-corrected chi connectivity index (χ2v) is 6.42. The first-order valence-corrected chi connectivity index (χ1v) is 8.58. The number of oxime groups is 1. The average Bonchev–Trinajstić information content (AvgIpc) is 3.03. The van der Waals surface area contributed by atoms with Gasteiger partial charge in [0.05, 0.1) is 0 Å². The minimum Gasteiger partial charge on any atom is -0.480 e. The van der Waals surface area contributed by atoms with Gasteiger partial charge in [-0.25, -0.2) is 4.79 Å². The quantitative estimate of drug-likeness (QED) is 0.574. The number of hydrogen-bond donors (Lipinski definition) is 3. The number of carbonyl (C=O) groups excluding carboxylic acids is 2. The molecule has 1 aromatic rings. The lowest BCUT2D eigenvalue weighted by molar-refractivity contribution is -0.138. The van der Waals surface area contributed by atoms with Crippen LogP contribution in [0, 0.1) is 0 Å².